The fourth-order valence-electron chi connectivity index (χ4n) is 2.67. The second kappa shape index (κ2) is 5.83. The predicted molar refractivity (Wildman–Crippen MR) is 88.1 cm³/mol. The minimum atomic E-state index is 0.110. The Bertz CT molecular complexity index is 573. The number of hydrogen-bond donors (Lipinski definition) is 0. The first kappa shape index (κ1) is 14.8. The minimum Gasteiger partial charge on any atom is -0.0648 e. The maximum absolute atomic E-state index is 3.46. The molecule has 0 saturated carbocycles. The zero-order chi connectivity index (χ0) is 14.8. The minimum absolute atomic E-state index is 0.110. The average molecular weight is 265 g/mol. The van der Waals surface area contributed by atoms with E-state index in [0.717, 1.165) is 0 Å². The molecule has 2 rings (SSSR count). The summed E-state index contributed by atoms with van der Waals surface area (Å²) in [5.74, 6) is 0.583. The summed E-state index contributed by atoms with van der Waals surface area (Å²) in [7, 11) is 0. The first-order valence-electron chi connectivity index (χ1n) is 7.55. The van der Waals surface area contributed by atoms with Crippen molar-refractivity contribution in [2.45, 2.75) is 52.4 Å². The summed E-state index contributed by atoms with van der Waals surface area (Å²) in [6.07, 6.45) is 1.17. The highest BCUT2D eigenvalue weighted by Crippen LogP contribution is 2.37. The quantitative estimate of drug-likeness (QED) is 0.642. The second-order valence-electron chi connectivity index (χ2n) is 6.61. The lowest BCUT2D eigenvalue weighted by molar-refractivity contribution is 0.590. The summed E-state index contributed by atoms with van der Waals surface area (Å²) in [6.45, 7) is 11.3. The van der Waals surface area contributed by atoms with Crippen molar-refractivity contribution >= 4 is 0 Å². The van der Waals surface area contributed by atoms with Crippen LogP contribution in [-0.4, -0.2) is 0 Å². The van der Waals surface area contributed by atoms with Crippen LogP contribution in [0.15, 0.2) is 42.5 Å². The van der Waals surface area contributed by atoms with Gasteiger partial charge in [0.2, 0.25) is 0 Å². The standard InChI is InChI=1S/C20H25/c1-6-15(2)16-11-7-8-12-17(16)18-13-9-10-14-19(18)20(3,4)5/h7-13,15H,6H2,1-5H3. The van der Waals surface area contributed by atoms with Gasteiger partial charge in [-0.1, -0.05) is 77.1 Å². The molecular weight excluding hydrogens is 240 g/mol. The summed E-state index contributed by atoms with van der Waals surface area (Å²) in [5.41, 5.74) is 5.55. The Balaban J connectivity index is 2.64. The van der Waals surface area contributed by atoms with Gasteiger partial charge in [-0.05, 0) is 46.1 Å². The van der Waals surface area contributed by atoms with Crippen molar-refractivity contribution in [1.29, 1.82) is 0 Å². The molecule has 0 bridgehead atoms. The van der Waals surface area contributed by atoms with E-state index >= 15 is 0 Å². The molecule has 0 fully saturated rings. The van der Waals surface area contributed by atoms with Gasteiger partial charge in [0, 0.05) is 0 Å². The van der Waals surface area contributed by atoms with Crippen LogP contribution in [-0.2, 0) is 5.41 Å². The Hall–Kier alpha value is -1.56. The third-order valence-corrected chi connectivity index (χ3v) is 4.00. The van der Waals surface area contributed by atoms with Crippen LogP contribution in [0.3, 0.4) is 0 Å². The Morgan fingerprint density at radius 2 is 1.65 bits per heavy atom. The highest BCUT2D eigenvalue weighted by atomic mass is 14.2. The van der Waals surface area contributed by atoms with Crippen LogP contribution >= 0.6 is 0 Å². The van der Waals surface area contributed by atoms with Crippen LogP contribution in [0, 0.1) is 6.07 Å². The predicted octanol–water partition coefficient (Wildman–Crippen LogP) is 5.96. The number of rotatable bonds is 3. The molecule has 105 valence electrons. The van der Waals surface area contributed by atoms with E-state index in [0.29, 0.717) is 5.92 Å². The van der Waals surface area contributed by atoms with Gasteiger partial charge >= 0.3 is 0 Å². The summed E-state index contributed by atoms with van der Waals surface area (Å²) in [6, 6.07) is 18.6. The summed E-state index contributed by atoms with van der Waals surface area (Å²) < 4.78 is 0. The van der Waals surface area contributed by atoms with Gasteiger partial charge < -0.3 is 0 Å². The molecule has 0 heteroatoms. The van der Waals surface area contributed by atoms with Gasteiger partial charge in [0.15, 0.2) is 0 Å². The maximum Gasteiger partial charge on any atom is -0.0120 e. The summed E-state index contributed by atoms with van der Waals surface area (Å²) in [4.78, 5) is 0. The molecule has 0 spiro atoms. The number of benzene rings is 2. The van der Waals surface area contributed by atoms with E-state index in [1.165, 1.54) is 28.7 Å². The molecule has 20 heavy (non-hydrogen) atoms. The Kier molecular flexibility index (Phi) is 4.32. The summed E-state index contributed by atoms with van der Waals surface area (Å²) >= 11 is 0. The largest absolute Gasteiger partial charge is 0.0648 e. The Labute approximate surface area is 123 Å². The van der Waals surface area contributed by atoms with Gasteiger partial charge in [0.1, 0.15) is 0 Å². The van der Waals surface area contributed by atoms with E-state index in [2.05, 4.69) is 77.1 Å². The van der Waals surface area contributed by atoms with Gasteiger partial charge in [-0.3, -0.25) is 0 Å². The topological polar surface area (TPSA) is 0 Å². The fourth-order valence-corrected chi connectivity index (χ4v) is 2.67. The van der Waals surface area contributed by atoms with Crippen molar-refractivity contribution in [2.75, 3.05) is 0 Å². The maximum atomic E-state index is 3.46. The highest BCUT2D eigenvalue weighted by molar-refractivity contribution is 5.72. The molecule has 1 unspecified atom stereocenters. The zero-order valence-electron chi connectivity index (χ0n) is 13.3. The van der Waals surface area contributed by atoms with Crippen LogP contribution in [0.25, 0.3) is 11.1 Å². The van der Waals surface area contributed by atoms with E-state index in [9.17, 15) is 0 Å². The van der Waals surface area contributed by atoms with Crippen LogP contribution in [0.4, 0.5) is 0 Å². The van der Waals surface area contributed by atoms with Crippen molar-refractivity contribution in [3.63, 3.8) is 0 Å². The van der Waals surface area contributed by atoms with E-state index in [-0.39, 0.29) is 5.41 Å². The molecule has 0 amide bonds. The molecule has 0 N–H and O–H groups in total. The molecule has 2 aromatic carbocycles. The van der Waals surface area contributed by atoms with Gasteiger partial charge in [-0.25, -0.2) is 0 Å². The van der Waals surface area contributed by atoms with Gasteiger partial charge in [-0.2, -0.15) is 0 Å². The van der Waals surface area contributed by atoms with E-state index in [1.54, 1.807) is 0 Å². The SMILES string of the molecule is CCC(C)c1ccccc1-c1ccc[c]c1C(C)(C)C. The van der Waals surface area contributed by atoms with Crippen molar-refractivity contribution < 1.29 is 0 Å². The van der Waals surface area contributed by atoms with Gasteiger partial charge in [-0.15, -0.1) is 0 Å². The van der Waals surface area contributed by atoms with Crippen LogP contribution in [0.2, 0.25) is 0 Å². The first-order chi connectivity index (χ1) is 9.45. The fraction of sp³-hybridized carbons (Fsp3) is 0.400. The van der Waals surface area contributed by atoms with Crippen LogP contribution < -0.4 is 0 Å². The molecule has 1 radical (unpaired) electrons. The molecule has 2 aromatic rings. The third kappa shape index (κ3) is 2.95. The summed E-state index contributed by atoms with van der Waals surface area (Å²) in [5, 5.41) is 0. The molecule has 0 aromatic heterocycles. The molecule has 0 nitrogen and oxygen atoms in total. The normalized spacial score (nSPS) is 13.2. The average Bonchev–Trinajstić information content (AvgIpc) is 2.45. The van der Waals surface area contributed by atoms with E-state index in [4.69, 9.17) is 0 Å². The number of hydrogen-bond acceptors (Lipinski definition) is 0. The first-order valence-corrected chi connectivity index (χ1v) is 7.55. The Morgan fingerprint density at radius 3 is 2.30 bits per heavy atom. The monoisotopic (exact) mass is 265 g/mol. The van der Waals surface area contributed by atoms with Gasteiger partial charge in [0.05, 0.1) is 0 Å². The van der Waals surface area contributed by atoms with Crippen molar-refractivity contribution in [3.05, 3.63) is 59.7 Å². The molecule has 0 aliphatic heterocycles. The van der Waals surface area contributed by atoms with Crippen molar-refractivity contribution in [2.24, 2.45) is 0 Å². The molecule has 0 saturated heterocycles. The Morgan fingerprint density at radius 1 is 1.00 bits per heavy atom. The highest BCUT2D eigenvalue weighted by Gasteiger charge is 2.20. The van der Waals surface area contributed by atoms with Crippen molar-refractivity contribution in [1.82, 2.24) is 0 Å². The van der Waals surface area contributed by atoms with Crippen LogP contribution in [0.1, 0.15) is 58.1 Å². The molecule has 0 heterocycles. The van der Waals surface area contributed by atoms with E-state index < -0.39 is 0 Å². The molecule has 0 aliphatic carbocycles. The lowest BCUT2D eigenvalue weighted by atomic mass is 9.79. The second-order valence-corrected chi connectivity index (χ2v) is 6.61. The smallest absolute Gasteiger partial charge is 0.0120 e. The zero-order valence-corrected chi connectivity index (χ0v) is 13.3. The van der Waals surface area contributed by atoms with Gasteiger partial charge in [0.25, 0.3) is 0 Å². The molecular formula is C20H25. The third-order valence-electron chi connectivity index (χ3n) is 4.00. The van der Waals surface area contributed by atoms with E-state index in [1.807, 2.05) is 6.07 Å². The lowest BCUT2D eigenvalue weighted by Crippen LogP contribution is -2.13. The molecule has 1 atom stereocenters. The molecule has 0 aliphatic rings. The van der Waals surface area contributed by atoms with Crippen LogP contribution in [0.5, 0.6) is 0 Å². The van der Waals surface area contributed by atoms with Crippen molar-refractivity contribution in [3.8, 4) is 11.1 Å². The lowest BCUT2D eigenvalue weighted by Gasteiger charge is -2.24.